The predicted octanol–water partition coefficient (Wildman–Crippen LogP) is 12.0. The van der Waals surface area contributed by atoms with Crippen LogP contribution in [0.3, 0.4) is 0 Å². The number of benzene rings is 7. The fourth-order valence-electron chi connectivity index (χ4n) is 7.34. The fraction of sp³-hybridized carbons (Fsp3) is 0. The van der Waals surface area contributed by atoms with Crippen molar-refractivity contribution in [2.24, 2.45) is 0 Å². The predicted molar refractivity (Wildman–Crippen MR) is 237 cm³/mol. The molecule has 0 spiro atoms. The Morgan fingerprint density at radius 1 is 0.288 bits per heavy atom. The van der Waals surface area contributed by atoms with E-state index in [1.165, 1.54) is 5.56 Å². The third-order valence-corrected chi connectivity index (χ3v) is 11.5. The van der Waals surface area contributed by atoms with E-state index in [0.29, 0.717) is 17.5 Å². The van der Waals surface area contributed by atoms with Gasteiger partial charge < -0.3 is 0 Å². The number of thiophene rings is 1. The number of hydrogen-bond acceptors (Lipinski definition) is 9. The molecule has 11 aromatic rings. The van der Waals surface area contributed by atoms with Crippen LogP contribution in [-0.4, -0.2) is 40.3 Å². The molecule has 7 aromatic carbocycles. The van der Waals surface area contributed by atoms with E-state index >= 15 is 0 Å². The maximum Gasteiger partial charge on any atom is 0.164 e. The highest BCUT2D eigenvalue weighted by Gasteiger charge is 2.17. The van der Waals surface area contributed by atoms with Gasteiger partial charge in [-0.2, -0.15) is 0 Å². The number of aromatic nitrogens is 8. The lowest BCUT2D eigenvalue weighted by molar-refractivity contribution is 0.904. The summed E-state index contributed by atoms with van der Waals surface area (Å²) >= 11 is 1.55. The standard InChI is InChI=1S/C50H30N8S/c1-3-9-31(10-4-1)32-21-27-39(28-22-32)48-53-47(38-11-5-2-6-12-38)54-49(55-48)40-29-23-36(24-30-40)34-17-15-33(16-18-34)35-19-25-37(26-20-35)43-46-44(57-58-56-43)45-50(59-46)52-42-14-8-7-13-41(42)51-45/h1-30H. The highest BCUT2D eigenvalue weighted by Crippen LogP contribution is 2.37. The molecule has 11 rings (SSSR count). The zero-order valence-electron chi connectivity index (χ0n) is 31.3. The Morgan fingerprint density at radius 3 is 1.15 bits per heavy atom. The summed E-state index contributed by atoms with van der Waals surface area (Å²) < 4.78 is 0.926. The smallest absolute Gasteiger partial charge is 0.164 e. The summed E-state index contributed by atoms with van der Waals surface area (Å²) in [6.07, 6.45) is 0. The highest BCUT2D eigenvalue weighted by molar-refractivity contribution is 7.25. The molecule has 8 nitrogen and oxygen atoms in total. The van der Waals surface area contributed by atoms with Crippen molar-refractivity contribution in [3.05, 3.63) is 182 Å². The van der Waals surface area contributed by atoms with Crippen LogP contribution in [0.25, 0.3) is 110 Å². The molecular weight excluding hydrogens is 745 g/mol. The van der Waals surface area contributed by atoms with Crippen molar-refractivity contribution < 1.29 is 0 Å². The van der Waals surface area contributed by atoms with Gasteiger partial charge in [0.25, 0.3) is 0 Å². The second-order valence-electron chi connectivity index (χ2n) is 14.1. The lowest BCUT2D eigenvalue weighted by Gasteiger charge is -2.10. The van der Waals surface area contributed by atoms with Crippen molar-refractivity contribution in [3.63, 3.8) is 0 Å². The Labute approximate surface area is 342 Å². The molecule has 0 saturated heterocycles. The summed E-state index contributed by atoms with van der Waals surface area (Å²) in [7, 11) is 0. The van der Waals surface area contributed by atoms with E-state index in [2.05, 4.69) is 137 Å². The lowest BCUT2D eigenvalue weighted by Crippen LogP contribution is -2.00. The molecule has 0 aliphatic heterocycles. The van der Waals surface area contributed by atoms with Crippen LogP contribution in [0.4, 0.5) is 0 Å². The van der Waals surface area contributed by atoms with Gasteiger partial charge in [0.2, 0.25) is 0 Å². The van der Waals surface area contributed by atoms with Gasteiger partial charge in [0.15, 0.2) is 17.5 Å². The van der Waals surface area contributed by atoms with E-state index < -0.39 is 0 Å². The van der Waals surface area contributed by atoms with E-state index in [1.54, 1.807) is 11.3 Å². The monoisotopic (exact) mass is 774 g/mol. The first-order chi connectivity index (χ1) is 29.2. The van der Waals surface area contributed by atoms with Crippen molar-refractivity contribution in [1.82, 2.24) is 40.3 Å². The van der Waals surface area contributed by atoms with Crippen LogP contribution in [0.1, 0.15) is 0 Å². The van der Waals surface area contributed by atoms with Crippen molar-refractivity contribution in [1.29, 1.82) is 0 Å². The van der Waals surface area contributed by atoms with Gasteiger partial charge in [-0.3, -0.25) is 0 Å². The van der Waals surface area contributed by atoms with Crippen molar-refractivity contribution in [2.75, 3.05) is 0 Å². The molecule has 4 aromatic heterocycles. The van der Waals surface area contributed by atoms with E-state index in [0.717, 1.165) is 87.4 Å². The molecule has 59 heavy (non-hydrogen) atoms. The van der Waals surface area contributed by atoms with Gasteiger partial charge in [0, 0.05) is 22.3 Å². The lowest BCUT2D eigenvalue weighted by atomic mass is 9.98. The molecule has 276 valence electrons. The van der Waals surface area contributed by atoms with Gasteiger partial charge in [-0.1, -0.05) is 170 Å². The molecule has 0 aliphatic carbocycles. The minimum Gasteiger partial charge on any atom is -0.241 e. The Hall–Kier alpha value is -7.88. The first-order valence-corrected chi connectivity index (χ1v) is 20.0. The second kappa shape index (κ2) is 14.6. The molecule has 0 saturated carbocycles. The largest absolute Gasteiger partial charge is 0.241 e. The number of hydrogen-bond donors (Lipinski definition) is 0. The van der Waals surface area contributed by atoms with E-state index in [4.69, 9.17) is 24.9 Å². The summed E-state index contributed by atoms with van der Waals surface area (Å²) in [5.41, 5.74) is 14.4. The number of rotatable bonds is 7. The average Bonchev–Trinajstić information content (AvgIpc) is 3.69. The molecule has 0 unspecified atom stereocenters. The number of para-hydroxylation sites is 2. The quantitative estimate of drug-likeness (QED) is 0.158. The third-order valence-electron chi connectivity index (χ3n) is 10.5. The molecule has 0 N–H and O–H groups in total. The summed E-state index contributed by atoms with van der Waals surface area (Å²) in [4.78, 5) is 25.3. The third kappa shape index (κ3) is 6.55. The van der Waals surface area contributed by atoms with E-state index in [9.17, 15) is 0 Å². The number of nitrogens with zero attached hydrogens (tertiary/aromatic N) is 8. The van der Waals surface area contributed by atoms with Gasteiger partial charge in [0.1, 0.15) is 21.6 Å². The van der Waals surface area contributed by atoms with Crippen molar-refractivity contribution in [3.8, 4) is 78.8 Å². The zero-order valence-corrected chi connectivity index (χ0v) is 32.1. The second-order valence-corrected chi connectivity index (χ2v) is 15.1. The van der Waals surface area contributed by atoms with Gasteiger partial charge in [0.05, 0.1) is 15.7 Å². The average molecular weight is 775 g/mol. The Morgan fingerprint density at radius 2 is 0.661 bits per heavy atom. The molecule has 9 heteroatoms. The Kier molecular flexibility index (Phi) is 8.49. The number of fused-ring (bicyclic) bond motifs is 4. The zero-order chi connectivity index (χ0) is 39.1. The first kappa shape index (κ1) is 34.4. The Balaban J connectivity index is 0.852. The molecule has 0 fully saturated rings. The highest BCUT2D eigenvalue weighted by atomic mass is 32.1. The van der Waals surface area contributed by atoms with E-state index in [-0.39, 0.29) is 0 Å². The topological polar surface area (TPSA) is 103 Å². The molecule has 0 atom stereocenters. The van der Waals surface area contributed by atoms with Crippen LogP contribution in [-0.2, 0) is 0 Å². The van der Waals surface area contributed by atoms with Gasteiger partial charge in [-0.25, -0.2) is 24.9 Å². The van der Waals surface area contributed by atoms with Crippen LogP contribution in [0.2, 0.25) is 0 Å². The molecule has 0 aliphatic rings. The van der Waals surface area contributed by atoms with Crippen LogP contribution in [0.15, 0.2) is 182 Å². The Bertz CT molecular complexity index is 3280. The van der Waals surface area contributed by atoms with Crippen LogP contribution < -0.4 is 0 Å². The fourth-order valence-corrected chi connectivity index (χ4v) is 8.41. The summed E-state index contributed by atoms with van der Waals surface area (Å²) in [6, 6.07) is 62.1. The minimum atomic E-state index is 0.624. The SMILES string of the molecule is c1ccc(-c2ccc(-c3nc(-c4ccccc4)nc(-c4ccc(-c5ccc(-c6ccc(-c7nnnc8c7sc7nc9ccccc9nc78)cc6)cc5)cc4)n3)cc2)cc1. The molecule has 0 amide bonds. The van der Waals surface area contributed by atoms with Crippen LogP contribution in [0, 0.1) is 0 Å². The minimum absolute atomic E-state index is 0.624. The maximum absolute atomic E-state index is 4.97. The van der Waals surface area contributed by atoms with E-state index in [1.807, 2.05) is 60.7 Å². The summed E-state index contributed by atoms with van der Waals surface area (Å²) in [5, 5.41) is 12.9. The first-order valence-electron chi connectivity index (χ1n) is 19.2. The molecule has 0 radical (unpaired) electrons. The van der Waals surface area contributed by atoms with Crippen LogP contribution in [0.5, 0.6) is 0 Å². The maximum atomic E-state index is 4.97. The molecule has 4 heterocycles. The molecule has 0 bridgehead atoms. The normalized spacial score (nSPS) is 11.4. The van der Waals surface area contributed by atoms with Gasteiger partial charge in [-0.05, 0) is 50.7 Å². The van der Waals surface area contributed by atoms with Crippen molar-refractivity contribution >= 4 is 42.9 Å². The van der Waals surface area contributed by atoms with Gasteiger partial charge >= 0.3 is 0 Å². The van der Waals surface area contributed by atoms with Crippen molar-refractivity contribution in [2.45, 2.75) is 0 Å². The molecular formula is C50H30N8S. The van der Waals surface area contributed by atoms with Gasteiger partial charge in [-0.15, -0.1) is 21.5 Å². The summed E-state index contributed by atoms with van der Waals surface area (Å²) in [6.45, 7) is 0. The van der Waals surface area contributed by atoms with Crippen LogP contribution >= 0.6 is 11.3 Å². The summed E-state index contributed by atoms with van der Waals surface area (Å²) in [5.74, 6) is 1.89.